The molecule has 1 N–H and O–H groups in total. The first-order valence-electron chi connectivity index (χ1n) is 2.93. The number of aliphatic hydroxyl groups excluding tert-OH is 1. The van der Waals surface area contributed by atoms with Crippen molar-refractivity contribution in [3.63, 3.8) is 0 Å². The van der Waals surface area contributed by atoms with Gasteiger partial charge in [-0.15, -0.1) is 11.3 Å². The lowest BCUT2D eigenvalue weighted by atomic mass is 10.4. The molecule has 0 aliphatic heterocycles. The van der Waals surface area contributed by atoms with Crippen LogP contribution in [-0.4, -0.2) is 16.7 Å². The van der Waals surface area contributed by atoms with Crippen molar-refractivity contribution < 1.29 is 5.11 Å². The van der Waals surface area contributed by atoms with Crippen LogP contribution in [0.5, 0.6) is 0 Å². The van der Waals surface area contributed by atoms with Crippen LogP contribution in [0.3, 0.4) is 0 Å². The van der Waals surface area contributed by atoms with Crippen molar-refractivity contribution in [2.24, 2.45) is 5.11 Å². The Balaban J connectivity index is 2.79. The maximum atomic E-state index is 8.73. The second kappa shape index (κ2) is 3.92. The molecular formula is C5H6N4OS. The van der Waals surface area contributed by atoms with Crippen LogP contribution in [0.25, 0.3) is 10.4 Å². The van der Waals surface area contributed by atoms with Gasteiger partial charge < -0.3 is 5.11 Å². The maximum absolute atomic E-state index is 8.73. The number of hydrogen-bond donors (Lipinski definition) is 1. The first kappa shape index (κ1) is 8.00. The average Bonchev–Trinajstić information content (AvgIpc) is 2.52. The van der Waals surface area contributed by atoms with Gasteiger partial charge >= 0.3 is 0 Å². The molecule has 5 nitrogen and oxygen atoms in total. The van der Waals surface area contributed by atoms with Gasteiger partial charge in [0, 0.05) is 16.5 Å². The second-order valence-corrected chi connectivity index (χ2v) is 2.70. The van der Waals surface area contributed by atoms with E-state index in [-0.39, 0.29) is 6.61 Å². The van der Waals surface area contributed by atoms with Crippen molar-refractivity contribution in [1.29, 1.82) is 0 Å². The molecule has 0 aromatic carbocycles. The van der Waals surface area contributed by atoms with Gasteiger partial charge in [-0.25, -0.2) is 4.98 Å². The Labute approximate surface area is 66.9 Å². The van der Waals surface area contributed by atoms with E-state index < -0.39 is 6.04 Å². The van der Waals surface area contributed by atoms with Crippen LogP contribution in [0, 0.1) is 0 Å². The van der Waals surface area contributed by atoms with Gasteiger partial charge in [0.25, 0.3) is 0 Å². The van der Waals surface area contributed by atoms with E-state index in [0.29, 0.717) is 5.01 Å². The first-order chi connectivity index (χ1) is 5.38. The summed E-state index contributed by atoms with van der Waals surface area (Å²) in [6, 6.07) is -0.528. The summed E-state index contributed by atoms with van der Waals surface area (Å²) in [5.41, 5.74) is 8.09. The first-order valence-corrected chi connectivity index (χ1v) is 3.81. The van der Waals surface area contributed by atoms with Gasteiger partial charge in [-0.1, -0.05) is 5.11 Å². The summed E-state index contributed by atoms with van der Waals surface area (Å²) in [6.07, 6.45) is 1.61. The van der Waals surface area contributed by atoms with Gasteiger partial charge in [0.1, 0.15) is 11.0 Å². The third kappa shape index (κ3) is 1.91. The minimum absolute atomic E-state index is 0.197. The third-order valence-electron chi connectivity index (χ3n) is 1.10. The van der Waals surface area contributed by atoms with Gasteiger partial charge in [0.2, 0.25) is 0 Å². The van der Waals surface area contributed by atoms with Gasteiger partial charge in [-0.05, 0) is 5.53 Å². The fraction of sp³-hybridized carbons (Fsp3) is 0.400. The van der Waals surface area contributed by atoms with Crippen molar-refractivity contribution in [2.45, 2.75) is 6.04 Å². The number of rotatable bonds is 3. The molecule has 58 valence electrons. The zero-order chi connectivity index (χ0) is 8.10. The number of hydrogen-bond acceptors (Lipinski definition) is 4. The molecule has 0 fully saturated rings. The lowest BCUT2D eigenvalue weighted by Gasteiger charge is -2.00. The molecule has 1 unspecified atom stereocenters. The third-order valence-corrected chi connectivity index (χ3v) is 1.98. The monoisotopic (exact) mass is 170 g/mol. The fourth-order valence-corrected chi connectivity index (χ4v) is 1.29. The molecule has 0 saturated heterocycles. The molecule has 1 rings (SSSR count). The highest BCUT2D eigenvalue weighted by atomic mass is 32.1. The van der Waals surface area contributed by atoms with Gasteiger partial charge in [-0.2, -0.15) is 0 Å². The molecule has 0 aliphatic rings. The number of aliphatic hydroxyl groups is 1. The van der Waals surface area contributed by atoms with E-state index in [2.05, 4.69) is 15.0 Å². The predicted molar refractivity (Wildman–Crippen MR) is 41.1 cm³/mol. The molecule has 0 radical (unpaired) electrons. The van der Waals surface area contributed by atoms with E-state index in [1.54, 1.807) is 11.6 Å². The molecule has 0 amide bonds. The molecule has 1 aromatic heterocycles. The molecule has 0 saturated carbocycles. The summed E-state index contributed by atoms with van der Waals surface area (Å²) in [4.78, 5) is 6.49. The van der Waals surface area contributed by atoms with Crippen LogP contribution in [0.1, 0.15) is 11.0 Å². The highest BCUT2D eigenvalue weighted by molar-refractivity contribution is 7.09. The zero-order valence-electron chi connectivity index (χ0n) is 5.58. The molecule has 11 heavy (non-hydrogen) atoms. The van der Waals surface area contributed by atoms with Gasteiger partial charge in [0.15, 0.2) is 0 Å². The molecule has 1 heterocycles. The van der Waals surface area contributed by atoms with E-state index in [0.717, 1.165) is 0 Å². The fourth-order valence-electron chi connectivity index (χ4n) is 0.625. The summed E-state index contributed by atoms with van der Waals surface area (Å²) in [7, 11) is 0. The smallest absolute Gasteiger partial charge is 0.112 e. The summed E-state index contributed by atoms with van der Waals surface area (Å²) >= 11 is 1.36. The second-order valence-electron chi connectivity index (χ2n) is 1.77. The van der Waals surface area contributed by atoms with Gasteiger partial charge in [0.05, 0.1) is 6.61 Å². The SMILES string of the molecule is [N-]=[N+]=NC(CO)c1nccs1. The van der Waals surface area contributed by atoms with Crippen molar-refractivity contribution in [2.75, 3.05) is 6.61 Å². The highest BCUT2D eigenvalue weighted by Gasteiger charge is 2.09. The molecule has 1 aromatic rings. The topological polar surface area (TPSA) is 81.9 Å². The summed E-state index contributed by atoms with van der Waals surface area (Å²) in [6.45, 7) is -0.197. The molecule has 0 aliphatic carbocycles. The summed E-state index contributed by atoms with van der Waals surface area (Å²) in [5, 5.41) is 14.5. The van der Waals surface area contributed by atoms with Crippen LogP contribution < -0.4 is 0 Å². The van der Waals surface area contributed by atoms with E-state index in [1.807, 2.05) is 0 Å². The normalized spacial score (nSPS) is 12.1. The standard InChI is InChI=1S/C5H6N4OS/c6-9-8-4(3-10)5-7-1-2-11-5/h1-2,4,10H,3H2. The van der Waals surface area contributed by atoms with Crippen molar-refractivity contribution >= 4 is 11.3 Å². The number of thiazole rings is 1. The van der Waals surface area contributed by atoms with Crippen molar-refractivity contribution in [3.8, 4) is 0 Å². The lowest BCUT2D eigenvalue weighted by molar-refractivity contribution is 0.267. The lowest BCUT2D eigenvalue weighted by Crippen LogP contribution is -1.98. The molecular weight excluding hydrogens is 164 g/mol. The van der Waals surface area contributed by atoms with Crippen LogP contribution in [0.4, 0.5) is 0 Å². The van der Waals surface area contributed by atoms with Crippen LogP contribution >= 0.6 is 11.3 Å². The Morgan fingerprint density at radius 1 is 1.91 bits per heavy atom. The number of azide groups is 1. The minimum Gasteiger partial charge on any atom is -0.396 e. The average molecular weight is 170 g/mol. The predicted octanol–water partition coefficient (Wildman–Crippen LogP) is 1.49. The van der Waals surface area contributed by atoms with E-state index in [9.17, 15) is 0 Å². The van der Waals surface area contributed by atoms with Crippen LogP contribution in [0.2, 0.25) is 0 Å². The van der Waals surface area contributed by atoms with Crippen LogP contribution in [-0.2, 0) is 0 Å². The molecule has 0 spiro atoms. The van der Waals surface area contributed by atoms with Crippen molar-refractivity contribution in [3.05, 3.63) is 27.0 Å². The number of aromatic nitrogens is 1. The van der Waals surface area contributed by atoms with Crippen molar-refractivity contribution in [1.82, 2.24) is 4.98 Å². The van der Waals surface area contributed by atoms with Crippen LogP contribution in [0.15, 0.2) is 16.7 Å². The summed E-state index contributed by atoms with van der Waals surface area (Å²) in [5.74, 6) is 0. The molecule has 6 heteroatoms. The molecule has 1 atom stereocenters. The van der Waals surface area contributed by atoms with Gasteiger partial charge in [-0.3, -0.25) is 0 Å². The summed E-state index contributed by atoms with van der Waals surface area (Å²) < 4.78 is 0. The quantitative estimate of drug-likeness (QED) is 0.423. The Kier molecular flexibility index (Phi) is 2.85. The van der Waals surface area contributed by atoms with E-state index >= 15 is 0 Å². The largest absolute Gasteiger partial charge is 0.396 e. The Morgan fingerprint density at radius 3 is 3.18 bits per heavy atom. The Bertz CT molecular complexity index is 253. The zero-order valence-corrected chi connectivity index (χ0v) is 6.40. The molecule has 0 bridgehead atoms. The van der Waals surface area contributed by atoms with E-state index in [1.165, 1.54) is 11.3 Å². The highest BCUT2D eigenvalue weighted by Crippen LogP contribution is 2.18. The number of nitrogens with zero attached hydrogens (tertiary/aromatic N) is 4. The minimum atomic E-state index is -0.528. The Hall–Kier alpha value is -1.10. The Morgan fingerprint density at radius 2 is 2.73 bits per heavy atom. The van der Waals surface area contributed by atoms with E-state index in [4.69, 9.17) is 10.6 Å². The maximum Gasteiger partial charge on any atom is 0.112 e.